The summed E-state index contributed by atoms with van der Waals surface area (Å²) in [6, 6.07) is 10.4. The molecule has 0 bridgehead atoms. The highest BCUT2D eigenvalue weighted by Gasteiger charge is 2.32. The topological polar surface area (TPSA) is 104 Å². The third kappa shape index (κ3) is 4.34. The van der Waals surface area contributed by atoms with Crippen LogP contribution in [0.3, 0.4) is 0 Å². The lowest BCUT2D eigenvalue weighted by Gasteiger charge is -2.12. The average molecular weight is 469 g/mol. The number of ether oxygens (including phenoxy) is 3. The number of fused-ring (bicyclic) bond motifs is 3. The van der Waals surface area contributed by atoms with Crippen molar-refractivity contribution in [2.24, 2.45) is 0 Å². The molecule has 0 aliphatic carbocycles. The van der Waals surface area contributed by atoms with Gasteiger partial charge in [0.2, 0.25) is 10.7 Å². The van der Waals surface area contributed by atoms with Crippen molar-refractivity contribution in [1.29, 1.82) is 0 Å². The zero-order chi connectivity index (χ0) is 23.5. The molecule has 1 aliphatic heterocycles. The van der Waals surface area contributed by atoms with E-state index in [1.54, 1.807) is 19.2 Å². The van der Waals surface area contributed by atoms with E-state index >= 15 is 0 Å². The van der Waals surface area contributed by atoms with Gasteiger partial charge in [-0.05, 0) is 30.8 Å². The normalized spacial score (nSPS) is 14.5. The number of para-hydroxylation sites is 1. The van der Waals surface area contributed by atoms with Crippen LogP contribution in [-0.2, 0) is 11.3 Å². The fraction of sp³-hybridized carbons (Fsp3) is 0.304. The Bertz CT molecular complexity index is 1290. The molecule has 1 unspecified atom stereocenters. The van der Waals surface area contributed by atoms with Gasteiger partial charge in [0.25, 0.3) is 5.91 Å². The standard InChI is InChI=1S/C23H24N4O5S/c1-30-17-7-5-4-6-13(17)12-24-20(28)9-8-15-22(29)27-21(25-15)14-10-18(31-2)19(32-3)11-16(14)26-23(27)33/h4-7,10-11,15,25H,8-9,12H2,1-3H3,(H,24,28). The van der Waals surface area contributed by atoms with E-state index in [1.807, 2.05) is 24.3 Å². The number of anilines is 1. The van der Waals surface area contributed by atoms with E-state index < -0.39 is 6.04 Å². The van der Waals surface area contributed by atoms with E-state index in [0.717, 1.165) is 5.56 Å². The first-order valence-corrected chi connectivity index (χ1v) is 10.8. The molecule has 1 amide bonds. The first-order chi connectivity index (χ1) is 16.0. The molecule has 1 aromatic heterocycles. The molecule has 0 fully saturated rings. The van der Waals surface area contributed by atoms with E-state index in [0.29, 0.717) is 46.9 Å². The minimum absolute atomic E-state index is 0.144. The summed E-state index contributed by atoms with van der Waals surface area (Å²) in [5.41, 5.74) is 1.46. The Morgan fingerprint density at radius 3 is 2.55 bits per heavy atom. The van der Waals surface area contributed by atoms with Gasteiger partial charge in [-0.25, -0.2) is 9.55 Å². The molecule has 2 N–H and O–H groups in total. The zero-order valence-corrected chi connectivity index (χ0v) is 19.3. The lowest BCUT2D eigenvalue weighted by atomic mass is 10.1. The van der Waals surface area contributed by atoms with Crippen molar-refractivity contribution < 1.29 is 23.8 Å². The van der Waals surface area contributed by atoms with E-state index in [-0.39, 0.29) is 23.0 Å². The number of nitrogens with one attached hydrogen (secondary N) is 2. The minimum atomic E-state index is -0.593. The van der Waals surface area contributed by atoms with Crippen LogP contribution in [-0.4, -0.2) is 48.7 Å². The second kappa shape index (κ2) is 9.45. The number of benzene rings is 2. The molecule has 2 heterocycles. The van der Waals surface area contributed by atoms with Crippen molar-refractivity contribution >= 4 is 40.8 Å². The molecule has 172 valence electrons. The molecule has 0 spiro atoms. The third-order valence-corrected chi connectivity index (χ3v) is 5.82. The summed E-state index contributed by atoms with van der Waals surface area (Å²) >= 11 is 5.36. The number of carbonyl (C=O) groups excluding carboxylic acids is 2. The number of methoxy groups -OCH3 is 3. The maximum atomic E-state index is 13.0. The fourth-order valence-corrected chi connectivity index (χ4v) is 4.13. The maximum Gasteiger partial charge on any atom is 0.257 e. The summed E-state index contributed by atoms with van der Waals surface area (Å²) in [4.78, 5) is 29.8. The molecule has 2 aromatic carbocycles. The number of carbonyl (C=O) groups is 2. The number of rotatable bonds is 8. The smallest absolute Gasteiger partial charge is 0.257 e. The van der Waals surface area contributed by atoms with Gasteiger partial charge in [-0.2, -0.15) is 0 Å². The lowest BCUT2D eigenvalue weighted by Crippen LogP contribution is -2.29. The third-order valence-electron chi connectivity index (χ3n) is 5.55. The van der Waals surface area contributed by atoms with Gasteiger partial charge in [0.15, 0.2) is 11.5 Å². The molecule has 33 heavy (non-hydrogen) atoms. The van der Waals surface area contributed by atoms with E-state index in [2.05, 4.69) is 15.6 Å². The summed E-state index contributed by atoms with van der Waals surface area (Å²) in [5.74, 6) is 1.88. The SMILES string of the molecule is COc1ccccc1CNC(=O)CCC1Nc2c3cc(OC)c(OC)cc3nc(=S)n2C1=O. The van der Waals surface area contributed by atoms with Crippen molar-refractivity contribution in [3.63, 3.8) is 0 Å². The molecular weight excluding hydrogens is 444 g/mol. The largest absolute Gasteiger partial charge is 0.496 e. The van der Waals surface area contributed by atoms with Crippen LogP contribution < -0.4 is 24.8 Å². The predicted molar refractivity (Wildman–Crippen MR) is 126 cm³/mol. The Kier molecular flexibility index (Phi) is 6.45. The lowest BCUT2D eigenvalue weighted by molar-refractivity contribution is -0.121. The molecule has 9 nitrogen and oxygen atoms in total. The highest BCUT2D eigenvalue weighted by atomic mass is 32.1. The Morgan fingerprint density at radius 2 is 1.82 bits per heavy atom. The highest BCUT2D eigenvalue weighted by molar-refractivity contribution is 7.71. The van der Waals surface area contributed by atoms with E-state index in [4.69, 9.17) is 26.4 Å². The van der Waals surface area contributed by atoms with Gasteiger partial charge in [-0.1, -0.05) is 18.2 Å². The molecule has 3 aromatic rings. The summed E-state index contributed by atoms with van der Waals surface area (Å²) in [7, 11) is 4.67. The summed E-state index contributed by atoms with van der Waals surface area (Å²) in [6.07, 6.45) is 0.476. The zero-order valence-electron chi connectivity index (χ0n) is 18.5. The van der Waals surface area contributed by atoms with Gasteiger partial charge in [0, 0.05) is 30.0 Å². The molecular formula is C23H24N4O5S. The first kappa shape index (κ1) is 22.5. The summed E-state index contributed by atoms with van der Waals surface area (Å²) < 4.78 is 17.5. The van der Waals surface area contributed by atoms with Crippen molar-refractivity contribution in [3.05, 3.63) is 46.7 Å². The summed E-state index contributed by atoms with van der Waals surface area (Å²) in [6.45, 7) is 0.344. The molecule has 1 aliphatic rings. The predicted octanol–water partition coefficient (Wildman–Crippen LogP) is 3.32. The van der Waals surface area contributed by atoms with Crippen molar-refractivity contribution in [2.45, 2.75) is 25.4 Å². The van der Waals surface area contributed by atoms with Gasteiger partial charge in [0.05, 0.1) is 26.8 Å². The van der Waals surface area contributed by atoms with Crippen LogP contribution in [0.15, 0.2) is 36.4 Å². The van der Waals surface area contributed by atoms with Gasteiger partial charge in [-0.3, -0.25) is 9.59 Å². The molecule has 0 saturated heterocycles. The van der Waals surface area contributed by atoms with Crippen molar-refractivity contribution in [1.82, 2.24) is 14.9 Å². The van der Waals surface area contributed by atoms with Gasteiger partial charge < -0.3 is 24.8 Å². The van der Waals surface area contributed by atoms with Gasteiger partial charge in [-0.15, -0.1) is 0 Å². The first-order valence-electron chi connectivity index (χ1n) is 10.3. The fourth-order valence-electron chi connectivity index (χ4n) is 3.85. The van der Waals surface area contributed by atoms with Crippen LogP contribution in [0.5, 0.6) is 17.2 Å². The molecule has 0 radical (unpaired) electrons. The van der Waals surface area contributed by atoms with Crippen molar-refractivity contribution in [3.8, 4) is 17.2 Å². The van der Waals surface area contributed by atoms with Crippen molar-refractivity contribution in [2.75, 3.05) is 26.6 Å². The Labute approximate surface area is 195 Å². The monoisotopic (exact) mass is 468 g/mol. The van der Waals surface area contributed by atoms with Gasteiger partial charge >= 0.3 is 0 Å². The van der Waals surface area contributed by atoms with Crippen LogP contribution >= 0.6 is 12.2 Å². The number of hydrogen-bond acceptors (Lipinski definition) is 8. The second-order valence-corrected chi connectivity index (χ2v) is 7.83. The van der Waals surface area contributed by atoms with E-state index in [9.17, 15) is 9.59 Å². The number of aromatic nitrogens is 2. The summed E-state index contributed by atoms with van der Waals surface area (Å²) in [5, 5.41) is 6.77. The number of nitrogens with zero attached hydrogens (tertiary/aromatic N) is 2. The number of amides is 1. The van der Waals surface area contributed by atoms with Crippen LogP contribution in [0.25, 0.3) is 10.9 Å². The maximum absolute atomic E-state index is 13.0. The van der Waals surface area contributed by atoms with Crippen LogP contribution in [0.4, 0.5) is 5.82 Å². The minimum Gasteiger partial charge on any atom is -0.496 e. The van der Waals surface area contributed by atoms with Crippen LogP contribution in [0, 0.1) is 4.77 Å². The number of hydrogen-bond donors (Lipinski definition) is 2. The highest BCUT2D eigenvalue weighted by Crippen LogP contribution is 2.36. The molecule has 4 rings (SSSR count). The van der Waals surface area contributed by atoms with Crippen LogP contribution in [0.1, 0.15) is 23.2 Å². The average Bonchev–Trinajstić information content (AvgIpc) is 3.17. The van der Waals surface area contributed by atoms with Crippen LogP contribution in [0.2, 0.25) is 0 Å². The molecule has 1 atom stereocenters. The Hall–Kier alpha value is -3.66. The quantitative estimate of drug-likeness (QED) is 0.486. The Morgan fingerprint density at radius 1 is 1.12 bits per heavy atom. The van der Waals surface area contributed by atoms with E-state index in [1.165, 1.54) is 18.8 Å². The molecule has 10 heteroatoms. The molecule has 0 saturated carbocycles. The van der Waals surface area contributed by atoms with Gasteiger partial charge in [0.1, 0.15) is 17.6 Å². The second-order valence-electron chi connectivity index (χ2n) is 7.47. The Balaban J connectivity index is 1.48.